The average molecular weight is 544 g/mol. The average Bonchev–Trinajstić information content (AvgIpc) is 2.84. The van der Waals surface area contributed by atoms with Gasteiger partial charge in [-0.15, -0.1) is 0 Å². The number of hydrogen-bond acceptors (Lipinski definition) is 5. The zero-order valence-corrected chi connectivity index (χ0v) is 25.3. The number of amides is 1. The van der Waals surface area contributed by atoms with Crippen LogP contribution in [0.4, 0.5) is 0 Å². The molecule has 39 heavy (non-hydrogen) atoms. The Hall–Kier alpha value is -2.47. The normalized spacial score (nSPS) is 14.4. The van der Waals surface area contributed by atoms with Crippen LogP contribution in [0, 0.1) is 0 Å². The van der Waals surface area contributed by atoms with Crippen LogP contribution in [0.15, 0.2) is 42.2 Å². The number of aliphatic hydroxyl groups is 1. The molecule has 2 atom stereocenters. The van der Waals surface area contributed by atoms with E-state index in [1.807, 2.05) is 51.1 Å². The van der Waals surface area contributed by atoms with Crippen LogP contribution in [0.5, 0.6) is 0 Å². The van der Waals surface area contributed by atoms with Gasteiger partial charge >= 0.3 is 5.97 Å². The maximum absolute atomic E-state index is 13.1. The fraction of sp³-hybridized carbons (Fsp3) is 0.667. The highest BCUT2D eigenvalue weighted by Crippen LogP contribution is 2.37. The monoisotopic (exact) mass is 543 g/mol. The van der Waals surface area contributed by atoms with E-state index in [1.54, 1.807) is 13.8 Å². The quantitative estimate of drug-likeness (QED) is 0.0825. The van der Waals surface area contributed by atoms with Crippen LogP contribution in [0.1, 0.15) is 131 Å². The number of nitrogens with one attached hydrogen (secondary N) is 1. The number of allylic oxidation sites excluding steroid dienone is 1. The van der Waals surface area contributed by atoms with Crippen molar-refractivity contribution in [2.45, 2.75) is 142 Å². The summed E-state index contributed by atoms with van der Waals surface area (Å²) < 4.78 is 5.28. The molecule has 0 radical (unpaired) electrons. The van der Waals surface area contributed by atoms with E-state index in [2.05, 4.69) is 12.2 Å². The topological polar surface area (TPSA) is 92.7 Å². The zero-order chi connectivity index (χ0) is 29.3. The van der Waals surface area contributed by atoms with Crippen molar-refractivity contribution in [3.8, 4) is 0 Å². The summed E-state index contributed by atoms with van der Waals surface area (Å²) in [7, 11) is 0. The third kappa shape index (κ3) is 14.5. The predicted molar refractivity (Wildman–Crippen MR) is 158 cm³/mol. The highest BCUT2D eigenvalue weighted by atomic mass is 16.5. The smallest absolute Gasteiger partial charge is 0.310 e. The third-order valence-corrected chi connectivity index (χ3v) is 7.12. The first-order valence-corrected chi connectivity index (χ1v) is 14.9. The lowest BCUT2D eigenvalue weighted by Crippen LogP contribution is -2.39. The van der Waals surface area contributed by atoms with E-state index in [1.165, 1.54) is 6.08 Å². The number of carbonyl (C=O) groups excluding carboxylic acids is 3. The zero-order valence-electron chi connectivity index (χ0n) is 25.3. The van der Waals surface area contributed by atoms with E-state index >= 15 is 0 Å². The van der Waals surface area contributed by atoms with Crippen LogP contribution < -0.4 is 5.32 Å². The molecule has 0 aliphatic rings. The lowest BCUT2D eigenvalue weighted by molar-refractivity contribution is -0.139. The minimum Gasteiger partial charge on any atom is -0.431 e. The second kappa shape index (κ2) is 18.0. The summed E-state index contributed by atoms with van der Waals surface area (Å²) in [6.07, 6.45) is 11.8. The molecule has 1 aromatic carbocycles. The molecule has 2 N–H and O–H groups in total. The lowest BCUT2D eigenvalue weighted by Gasteiger charge is -2.33. The lowest BCUT2D eigenvalue weighted by atomic mass is 9.70. The van der Waals surface area contributed by atoms with Gasteiger partial charge in [-0.2, -0.15) is 0 Å². The fourth-order valence-electron chi connectivity index (χ4n) is 5.04. The van der Waals surface area contributed by atoms with Crippen LogP contribution in [0.25, 0.3) is 0 Å². The minimum atomic E-state index is -0.543. The standard InChI is InChI=1S/C33H53NO5/c1-7-8-12-20-29(36)21-17-24-33(27(3)35,28-18-13-11-14-19-28)23-16-10-9-15-22-31(38)39-26(2)25-30(37)34-32(4,5)6/h11,13-14,18-19,25,29,36H,7-10,12,15-17,20-24H2,1-6H3,(H,34,37). The maximum atomic E-state index is 13.1. The maximum Gasteiger partial charge on any atom is 0.310 e. The molecule has 0 aromatic heterocycles. The Morgan fingerprint density at radius 3 is 2.13 bits per heavy atom. The molecule has 1 amide bonds. The minimum absolute atomic E-state index is 0.176. The third-order valence-electron chi connectivity index (χ3n) is 7.12. The van der Waals surface area contributed by atoms with Gasteiger partial charge in [-0.05, 0) is 78.7 Å². The molecule has 0 saturated carbocycles. The first-order chi connectivity index (χ1) is 18.4. The summed E-state index contributed by atoms with van der Waals surface area (Å²) in [5.74, 6) is -0.166. The first-order valence-electron chi connectivity index (χ1n) is 14.9. The van der Waals surface area contributed by atoms with Crippen LogP contribution in [0.3, 0.4) is 0 Å². The largest absolute Gasteiger partial charge is 0.431 e. The molecule has 0 saturated heterocycles. The van der Waals surface area contributed by atoms with Gasteiger partial charge < -0.3 is 15.2 Å². The number of Topliss-reactive ketones (excluding diaryl/α,β-unsaturated/α-hetero) is 1. The van der Waals surface area contributed by atoms with E-state index in [4.69, 9.17) is 4.74 Å². The number of esters is 1. The van der Waals surface area contributed by atoms with Crippen molar-refractivity contribution < 1.29 is 24.2 Å². The molecule has 0 fully saturated rings. The number of unbranched alkanes of at least 4 members (excludes halogenated alkanes) is 5. The van der Waals surface area contributed by atoms with E-state index < -0.39 is 5.41 Å². The fourth-order valence-corrected chi connectivity index (χ4v) is 5.04. The van der Waals surface area contributed by atoms with Crippen molar-refractivity contribution in [1.82, 2.24) is 5.32 Å². The second-order valence-corrected chi connectivity index (χ2v) is 11.9. The van der Waals surface area contributed by atoms with Gasteiger partial charge in [-0.3, -0.25) is 14.4 Å². The van der Waals surface area contributed by atoms with E-state index in [0.29, 0.717) is 12.8 Å². The van der Waals surface area contributed by atoms with E-state index in [0.717, 1.165) is 76.2 Å². The van der Waals surface area contributed by atoms with Gasteiger partial charge in [0.1, 0.15) is 11.5 Å². The summed E-state index contributed by atoms with van der Waals surface area (Å²) in [4.78, 5) is 37.2. The van der Waals surface area contributed by atoms with Gasteiger partial charge in [-0.1, -0.05) is 75.8 Å². The summed E-state index contributed by atoms with van der Waals surface area (Å²) in [6.45, 7) is 11.1. The Balaban J connectivity index is 2.58. The van der Waals surface area contributed by atoms with Gasteiger partial charge in [0.25, 0.3) is 0 Å². The predicted octanol–water partition coefficient (Wildman–Crippen LogP) is 7.33. The number of ether oxygens (including phenoxy) is 1. The highest BCUT2D eigenvalue weighted by molar-refractivity contribution is 5.89. The molecular formula is C33H53NO5. The van der Waals surface area contributed by atoms with Crippen molar-refractivity contribution in [1.29, 1.82) is 0 Å². The van der Waals surface area contributed by atoms with Crippen LogP contribution in [-0.4, -0.2) is 34.4 Å². The Labute approximate surface area is 237 Å². The number of hydrogen-bond donors (Lipinski definition) is 2. The number of ketones is 1. The van der Waals surface area contributed by atoms with Crippen LogP contribution in [-0.2, 0) is 24.5 Å². The molecule has 0 spiro atoms. The molecule has 1 rings (SSSR count). The molecular weight excluding hydrogens is 490 g/mol. The van der Waals surface area contributed by atoms with Gasteiger partial charge in [0.05, 0.1) is 11.5 Å². The van der Waals surface area contributed by atoms with Crippen molar-refractivity contribution in [2.75, 3.05) is 0 Å². The van der Waals surface area contributed by atoms with Gasteiger partial charge in [0.15, 0.2) is 0 Å². The molecule has 0 aliphatic heterocycles. The van der Waals surface area contributed by atoms with Gasteiger partial charge in [0, 0.05) is 18.0 Å². The summed E-state index contributed by atoms with van der Waals surface area (Å²) in [5, 5.41) is 13.2. The molecule has 1 aromatic rings. The molecule has 220 valence electrons. The summed E-state index contributed by atoms with van der Waals surface area (Å²) in [6, 6.07) is 10.0. The molecule has 6 heteroatoms. The van der Waals surface area contributed by atoms with Crippen molar-refractivity contribution in [3.63, 3.8) is 0 Å². The summed E-state index contributed by atoms with van der Waals surface area (Å²) in [5.41, 5.74) is 0.159. The second-order valence-electron chi connectivity index (χ2n) is 11.9. The van der Waals surface area contributed by atoms with Gasteiger partial charge in [0.2, 0.25) is 5.91 Å². The van der Waals surface area contributed by atoms with E-state index in [9.17, 15) is 19.5 Å². The molecule has 0 aliphatic carbocycles. The Bertz CT molecular complexity index is 902. The van der Waals surface area contributed by atoms with Crippen LogP contribution in [0.2, 0.25) is 0 Å². The first kappa shape index (κ1) is 34.6. The molecule has 0 heterocycles. The van der Waals surface area contributed by atoms with Crippen LogP contribution >= 0.6 is 0 Å². The van der Waals surface area contributed by atoms with E-state index in [-0.39, 0.29) is 35.1 Å². The summed E-state index contributed by atoms with van der Waals surface area (Å²) >= 11 is 0. The van der Waals surface area contributed by atoms with Crippen molar-refractivity contribution in [2.24, 2.45) is 0 Å². The molecule has 2 unspecified atom stereocenters. The molecule has 6 nitrogen and oxygen atoms in total. The number of benzene rings is 1. The highest BCUT2D eigenvalue weighted by Gasteiger charge is 2.36. The van der Waals surface area contributed by atoms with Crippen molar-refractivity contribution >= 4 is 17.7 Å². The number of carbonyl (C=O) groups is 3. The Morgan fingerprint density at radius 1 is 0.897 bits per heavy atom. The number of rotatable bonds is 19. The Kier molecular flexibility index (Phi) is 15.9. The molecule has 0 bridgehead atoms. The van der Waals surface area contributed by atoms with Crippen molar-refractivity contribution in [3.05, 3.63) is 47.7 Å². The Morgan fingerprint density at radius 2 is 1.51 bits per heavy atom. The number of aliphatic hydroxyl groups excluding tert-OH is 1. The van der Waals surface area contributed by atoms with Gasteiger partial charge in [-0.25, -0.2) is 0 Å². The SMILES string of the molecule is CCCCCC(O)CCCC(CCCCCCC(=O)OC(C)=CC(=O)NC(C)(C)C)(C(C)=O)c1ccccc1.